The van der Waals surface area contributed by atoms with Gasteiger partial charge in [-0.05, 0) is 49.9 Å². The molecule has 8 N–H and O–H groups in total. The Morgan fingerprint density at radius 3 is 0.901 bits per heavy atom. The van der Waals surface area contributed by atoms with Crippen molar-refractivity contribution in [1.29, 1.82) is 0 Å². The van der Waals surface area contributed by atoms with Gasteiger partial charge in [0.2, 0.25) is 0 Å². The predicted octanol–water partition coefficient (Wildman–Crippen LogP) is 24.9. The molecule has 2 heterocycles. The minimum Gasteiger partial charge on any atom is -0.463 e. The number of carbonyl (C=O) groups is 1. The van der Waals surface area contributed by atoms with Crippen LogP contribution in [-0.4, -0.2) is 141 Å². The summed E-state index contributed by atoms with van der Waals surface area (Å²) in [5.74, 6) is 1.38. The van der Waals surface area contributed by atoms with E-state index in [4.69, 9.17) is 23.7 Å². The first-order valence-corrected chi connectivity index (χ1v) is 49.4. The third-order valence-electron chi connectivity index (χ3n) is 26.2. The standard InChI is InChI=1S/C97H188O14/c1-5-7-9-11-13-15-17-19-21-23-24-25-26-27-28-32-39-45-51-57-63-69-75-84(95(106)108-80-88-90(101)92(103)94(105)97(110-88)111-96-93(104)91(102)89(100)87(79-98)109-96)85(99)76-70-64-58-52-46-40-33-29-31-37-43-49-55-61-67-73-82-78-83(82)74-68-62-56-50-44-38-34-35-41-47-53-59-65-71-77-86(107-4)81(3)72-66-60-54-48-42-36-30-22-20-18-16-14-12-10-8-6-2/h81-94,96-105H,5-80H2,1-4H3. The second kappa shape index (κ2) is 74.1. The molecule has 3 fully saturated rings. The van der Waals surface area contributed by atoms with Gasteiger partial charge in [0.25, 0.3) is 0 Å². The first kappa shape index (κ1) is 104. The van der Waals surface area contributed by atoms with Crippen molar-refractivity contribution >= 4 is 5.97 Å². The third kappa shape index (κ3) is 54.7. The molecule has 660 valence electrons. The van der Waals surface area contributed by atoms with Crippen LogP contribution in [0.15, 0.2) is 0 Å². The summed E-state index contributed by atoms with van der Waals surface area (Å²) >= 11 is 0. The van der Waals surface area contributed by atoms with E-state index in [0.29, 0.717) is 24.9 Å². The zero-order valence-corrected chi connectivity index (χ0v) is 73.5. The zero-order valence-electron chi connectivity index (χ0n) is 73.5. The van der Waals surface area contributed by atoms with Gasteiger partial charge in [0.15, 0.2) is 12.6 Å². The second-order valence-corrected chi connectivity index (χ2v) is 36.4. The van der Waals surface area contributed by atoms with E-state index in [-0.39, 0.29) is 0 Å². The number of unbranched alkanes of at least 4 members (excludes halogenated alkanes) is 63. The van der Waals surface area contributed by atoms with Crippen molar-refractivity contribution in [3.05, 3.63) is 0 Å². The number of methoxy groups -OCH3 is 1. The van der Waals surface area contributed by atoms with Gasteiger partial charge in [-0.15, -0.1) is 0 Å². The van der Waals surface area contributed by atoms with Crippen LogP contribution >= 0.6 is 0 Å². The van der Waals surface area contributed by atoms with Crippen LogP contribution in [0.4, 0.5) is 0 Å². The summed E-state index contributed by atoms with van der Waals surface area (Å²) in [5.41, 5.74) is 0. The van der Waals surface area contributed by atoms with E-state index in [1.165, 1.54) is 417 Å². The lowest BCUT2D eigenvalue weighted by Gasteiger charge is -2.44. The second-order valence-electron chi connectivity index (χ2n) is 36.4. The zero-order chi connectivity index (χ0) is 80.1. The highest BCUT2D eigenvalue weighted by molar-refractivity contribution is 5.73. The Labute approximate surface area is 685 Å². The molecule has 1 aliphatic carbocycles. The van der Waals surface area contributed by atoms with Crippen LogP contribution < -0.4 is 0 Å². The van der Waals surface area contributed by atoms with Crippen LogP contribution in [0.3, 0.4) is 0 Å². The molecule has 0 radical (unpaired) electrons. The minimum absolute atomic E-state index is 0.454. The van der Waals surface area contributed by atoms with Crippen LogP contribution in [0.5, 0.6) is 0 Å². The van der Waals surface area contributed by atoms with Gasteiger partial charge in [-0.2, -0.15) is 0 Å². The lowest BCUT2D eigenvalue weighted by Crippen LogP contribution is -2.63. The molecule has 3 aliphatic rings. The maximum atomic E-state index is 13.9. The van der Waals surface area contributed by atoms with E-state index in [1.807, 2.05) is 7.11 Å². The van der Waals surface area contributed by atoms with Gasteiger partial charge in [-0.3, -0.25) is 4.79 Å². The summed E-state index contributed by atoms with van der Waals surface area (Å²) < 4.78 is 28.5. The Kier molecular flexibility index (Phi) is 69.5. The minimum atomic E-state index is -1.83. The molecular weight excluding hydrogens is 1390 g/mol. The van der Waals surface area contributed by atoms with Gasteiger partial charge in [0.1, 0.15) is 55.4 Å². The van der Waals surface area contributed by atoms with E-state index >= 15 is 0 Å². The Morgan fingerprint density at radius 2 is 0.595 bits per heavy atom. The molecule has 0 aromatic heterocycles. The van der Waals surface area contributed by atoms with Crippen molar-refractivity contribution in [3.8, 4) is 0 Å². The van der Waals surface area contributed by atoms with Gasteiger partial charge in [-0.25, -0.2) is 0 Å². The van der Waals surface area contributed by atoms with E-state index in [2.05, 4.69) is 20.8 Å². The first-order chi connectivity index (χ1) is 54.4. The molecule has 1 saturated carbocycles. The molecule has 0 spiro atoms. The molecule has 16 unspecified atom stereocenters. The van der Waals surface area contributed by atoms with Crippen LogP contribution in [0.2, 0.25) is 0 Å². The van der Waals surface area contributed by atoms with Crippen molar-refractivity contribution in [1.82, 2.24) is 0 Å². The van der Waals surface area contributed by atoms with Crippen LogP contribution in [-0.2, 0) is 28.5 Å². The molecular formula is C97H188O14. The number of esters is 1. The fraction of sp³-hybridized carbons (Fsp3) is 0.990. The summed E-state index contributed by atoms with van der Waals surface area (Å²) in [4.78, 5) is 13.9. The van der Waals surface area contributed by atoms with Gasteiger partial charge in [-0.1, -0.05) is 464 Å². The largest absolute Gasteiger partial charge is 0.463 e. The molecule has 0 bridgehead atoms. The number of aliphatic hydroxyl groups is 8. The van der Waals surface area contributed by atoms with Crippen LogP contribution in [0.25, 0.3) is 0 Å². The number of hydrogen-bond donors (Lipinski definition) is 8. The molecule has 2 aliphatic heterocycles. The summed E-state index contributed by atoms with van der Waals surface area (Å²) in [6, 6.07) is 0. The molecule has 14 nitrogen and oxygen atoms in total. The first-order valence-electron chi connectivity index (χ1n) is 49.4. The summed E-state index contributed by atoms with van der Waals surface area (Å²) in [5, 5.41) is 84.7. The molecule has 111 heavy (non-hydrogen) atoms. The average Bonchev–Trinajstić information content (AvgIpc) is 1.51. The maximum Gasteiger partial charge on any atom is 0.311 e. The monoisotopic (exact) mass is 1580 g/mol. The quantitative estimate of drug-likeness (QED) is 0.0210. The fourth-order valence-corrected chi connectivity index (χ4v) is 18.2. The number of aliphatic hydroxyl groups excluding tert-OH is 8. The highest BCUT2D eigenvalue weighted by Crippen LogP contribution is 2.46. The highest BCUT2D eigenvalue weighted by atomic mass is 16.8. The normalized spacial score (nSPS) is 23.2. The topological polar surface area (TPSA) is 225 Å². The predicted molar refractivity (Wildman–Crippen MR) is 462 cm³/mol. The van der Waals surface area contributed by atoms with Crippen molar-refractivity contribution in [2.45, 2.75) is 570 Å². The SMILES string of the molecule is CCCCCCCCCCCCCCCCCCCCCCCCC(C(=O)OCC1OC(OC2OC(CO)C(O)C(O)C2O)C(O)C(O)C1O)C(O)CCCCCCCCCCCCCCCCCC1CC1CCCCCCCCCCCCCCCCC(OC)C(C)CCCCCCCCCCCCCCCCCC. The van der Waals surface area contributed by atoms with Gasteiger partial charge in [0.05, 0.1) is 24.7 Å². The summed E-state index contributed by atoms with van der Waals surface area (Å²) in [6.07, 6.45) is 81.4. The van der Waals surface area contributed by atoms with E-state index < -0.39 is 92.6 Å². The molecule has 0 aromatic carbocycles. The third-order valence-corrected chi connectivity index (χ3v) is 26.2. The average molecular weight is 1580 g/mol. The molecule has 14 heteroatoms. The molecule has 3 rings (SSSR count). The number of ether oxygens (including phenoxy) is 5. The van der Waals surface area contributed by atoms with Crippen molar-refractivity contribution in [3.63, 3.8) is 0 Å². The fourth-order valence-electron chi connectivity index (χ4n) is 18.2. The van der Waals surface area contributed by atoms with Crippen LogP contribution in [0, 0.1) is 23.7 Å². The summed E-state index contributed by atoms with van der Waals surface area (Å²) in [6.45, 7) is 5.81. The number of rotatable bonds is 84. The van der Waals surface area contributed by atoms with Crippen molar-refractivity contribution < 1.29 is 69.3 Å². The Hall–Kier alpha value is -1.01. The smallest absolute Gasteiger partial charge is 0.311 e. The molecule has 2 saturated heterocycles. The Balaban J connectivity index is 1.13. The van der Waals surface area contributed by atoms with Gasteiger partial charge >= 0.3 is 5.97 Å². The van der Waals surface area contributed by atoms with E-state index in [1.54, 1.807) is 0 Å². The van der Waals surface area contributed by atoms with Crippen molar-refractivity contribution in [2.75, 3.05) is 20.3 Å². The van der Waals surface area contributed by atoms with Crippen molar-refractivity contribution in [2.24, 2.45) is 23.7 Å². The maximum absolute atomic E-state index is 13.9. The Bertz CT molecular complexity index is 1970. The van der Waals surface area contributed by atoms with Gasteiger partial charge in [0, 0.05) is 7.11 Å². The van der Waals surface area contributed by atoms with Gasteiger partial charge < -0.3 is 64.5 Å². The molecule has 0 amide bonds. The lowest BCUT2D eigenvalue weighted by atomic mass is 9.91. The Morgan fingerprint density at radius 1 is 0.333 bits per heavy atom. The highest BCUT2D eigenvalue weighted by Gasteiger charge is 2.50. The van der Waals surface area contributed by atoms with E-state index in [0.717, 1.165) is 56.8 Å². The molecule has 0 aromatic rings. The van der Waals surface area contributed by atoms with Crippen LogP contribution in [0.1, 0.15) is 496 Å². The molecule has 16 atom stereocenters. The van der Waals surface area contributed by atoms with E-state index in [9.17, 15) is 45.6 Å². The summed E-state index contributed by atoms with van der Waals surface area (Å²) in [7, 11) is 1.95. The number of hydrogen-bond acceptors (Lipinski definition) is 14. The number of carbonyl (C=O) groups excluding carboxylic acids is 1. The lowest BCUT2D eigenvalue weighted by molar-refractivity contribution is -0.376.